The highest BCUT2D eigenvalue weighted by Gasteiger charge is 2.54. The van der Waals surface area contributed by atoms with Gasteiger partial charge in [0, 0.05) is 13.0 Å². The lowest BCUT2D eigenvalue weighted by atomic mass is 9.95. The van der Waals surface area contributed by atoms with Gasteiger partial charge in [-0.2, -0.15) is 0 Å². The van der Waals surface area contributed by atoms with Crippen LogP contribution in [0.3, 0.4) is 0 Å². The van der Waals surface area contributed by atoms with Crippen molar-refractivity contribution in [2.24, 2.45) is 0 Å². The van der Waals surface area contributed by atoms with Gasteiger partial charge in [-0.05, 0) is 25.0 Å². The number of carbonyl (C=O) groups is 3. The highest BCUT2D eigenvalue weighted by molar-refractivity contribution is 6.21. The predicted molar refractivity (Wildman–Crippen MR) is 170 cm³/mol. The summed E-state index contributed by atoms with van der Waals surface area (Å²) in [6.45, 7) is -1.98. The molecule has 53 heavy (non-hydrogen) atoms. The molecule has 3 saturated heterocycles. The molecule has 0 aliphatic carbocycles. The molecule has 4 aliphatic heterocycles. The van der Waals surface area contributed by atoms with Crippen LogP contribution in [0.4, 0.5) is 0 Å². The van der Waals surface area contributed by atoms with E-state index in [2.05, 4.69) is 4.74 Å². The van der Waals surface area contributed by atoms with Gasteiger partial charge in [0.05, 0.1) is 38.1 Å². The molecule has 0 radical (unpaired) electrons. The van der Waals surface area contributed by atoms with Gasteiger partial charge in [0.2, 0.25) is 0 Å². The SMILES string of the molecule is COC(=O)CCCCCO[C@@H]1O[C@H](CO[C@@H]2O[C@H](CO[C@H]3O[C@H](CO)[C@H](O)[C@H](O)[C@H]3O)[C@H](O)[C@H](O)[C@H]2O)[C@@H](O)[C@H](O)[C@H]1N1C(=O)c2ccccc2C1=O. The molecule has 2 amide bonds. The average Bonchev–Trinajstić information content (AvgIpc) is 3.41. The standard InChI is InChI=1S/C33H47NO19/c1-47-19(36)9-3-2-6-10-48-31-20(34-29(45)14-7-4-5-8-15(14)30(34)46)24(40)22(38)17(52-31)12-50-33-28(44)26(42)23(39)18(53-33)13-49-32-27(43)25(41)21(37)16(11-35)51-32/h4-5,7-8,16-18,20-28,31-33,35,37-44H,2-3,6,9-13H2,1H3/t16-,17-,18-,20-,21+,22-,23+,24-,25+,26+,27-,28-,31-,32+,33-/m1/s1. The first-order chi connectivity index (χ1) is 25.3. The molecule has 298 valence electrons. The van der Waals surface area contributed by atoms with Gasteiger partial charge in [0.15, 0.2) is 18.9 Å². The van der Waals surface area contributed by atoms with Crippen molar-refractivity contribution < 1.29 is 93.5 Å². The number of aliphatic hydroxyl groups excluding tert-OH is 9. The van der Waals surface area contributed by atoms with E-state index in [1.165, 1.54) is 19.2 Å². The minimum atomic E-state index is -1.87. The Hall–Kier alpha value is -2.77. The molecule has 0 saturated carbocycles. The molecule has 1 aromatic rings. The summed E-state index contributed by atoms with van der Waals surface area (Å²) in [4.78, 5) is 38.9. The number of methoxy groups -OCH3 is 1. The molecular weight excluding hydrogens is 714 g/mol. The van der Waals surface area contributed by atoms with E-state index in [1.54, 1.807) is 12.1 Å². The summed E-state index contributed by atoms with van der Waals surface area (Å²) in [5, 5.41) is 94.0. The maximum absolute atomic E-state index is 13.4. The van der Waals surface area contributed by atoms with Crippen molar-refractivity contribution in [3.63, 3.8) is 0 Å². The first kappa shape index (κ1) is 41.4. The number of esters is 1. The molecule has 20 heteroatoms. The van der Waals surface area contributed by atoms with Crippen molar-refractivity contribution in [1.82, 2.24) is 4.90 Å². The fraction of sp³-hybridized carbons (Fsp3) is 0.727. The Balaban J connectivity index is 1.24. The molecule has 4 heterocycles. The molecule has 15 atom stereocenters. The Morgan fingerprint density at radius 1 is 0.642 bits per heavy atom. The van der Waals surface area contributed by atoms with Crippen molar-refractivity contribution >= 4 is 17.8 Å². The summed E-state index contributed by atoms with van der Waals surface area (Å²) in [6.07, 6.45) is -21.6. The van der Waals surface area contributed by atoms with Crippen molar-refractivity contribution in [1.29, 1.82) is 0 Å². The normalized spacial score (nSPS) is 38.9. The third-order valence-electron chi connectivity index (χ3n) is 9.69. The molecule has 1 aromatic carbocycles. The number of benzene rings is 1. The number of rotatable bonds is 15. The summed E-state index contributed by atoms with van der Waals surface area (Å²) in [5.74, 6) is -1.86. The van der Waals surface area contributed by atoms with E-state index in [0.29, 0.717) is 19.3 Å². The molecular formula is C33H47NO19. The van der Waals surface area contributed by atoms with Crippen LogP contribution in [-0.2, 0) is 38.0 Å². The molecule has 4 aliphatic rings. The predicted octanol–water partition coefficient (Wildman–Crippen LogP) is -4.51. The van der Waals surface area contributed by atoms with E-state index in [9.17, 15) is 60.3 Å². The Bertz CT molecular complexity index is 1360. The maximum atomic E-state index is 13.4. The van der Waals surface area contributed by atoms with Crippen LogP contribution in [0.2, 0.25) is 0 Å². The zero-order chi connectivity index (χ0) is 38.6. The van der Waals surface area contributed by atoms with Gasteiger partial charge in [-0.3, -0.25) is 19.3 Å². The van der Waals surface area contributed by atoms with Crippen molar-refractivity contribution in [3.05, 3.63) is 35.4 Å². The van der Waals surface area contributed by atoms with Crippen LogP contribution < -0.4 is 0 Å². The summed E-state index contributed by atoms with van der Waals surface area (Å²) in [5.41, 5.74) is 0.168. The monoisotopic (exact) mass is 761 g/mol. The number of unbranched alkanes of at least 4 members (excludes halogenated alkanes) is 2. The minimum Gasteiger partial charge on any atom is -0.469 e. The van der Waals surface area contributed by atoms with E-state index in [1.807, 2.05) is 0 Å². The van der Waals surface area contributed by atoms with Crippen LogP contribution in [0, 0.1) is 0 Å². The molecule has 0 bridgehead atoms. The molecule has 5 rings (SSSR count). The van der Waals surface area contributed by atoms with Crippen molar-refractivity contribution in [2.75, 3.05) is 33.5 Å². The highest BCUT2D eigenvalue weighted by atomic mass is 16.7. The zero-order valence-electron chi connectivity index (χ0n) is 28.7. The summed E-state index contributed by atoms with van der Waals surface area (Å²) in [7, 11) is 1.28. The van der Waals surface area contributed by atoms with Gasteiger partial charge in [0.25, 0.3) is 11.8 Å². The number of ether oxygens (including phenoxy) is 7. The Morgan fingerprint density at radius 2 is 1.13 bits per heavy atom. The van der Waals surface area contributed by atoms with E-state index < -0.39 is 124 Å². The second-order valence-electron chi connectivity index (χ2n) is 13.2. The van der Waals surface area contributed by atoms with Gasteiger partial charge in [-0.1, -0.05) is 18.6 Å². The Kier molecular flexibility index (Phi) is 14.2. The van der Waals surface area contributed by atoms with E-state index >= 15 is 0 Å². The van der Waals surface area contributed by atoms with Gasteiger partial charge >= 0.3 is 5.97 Å². The topological polar surface area (TPSA) is 301 Å². The smallest absolute Gasteiger partial charge is 0.305 e. The molecule has 0 unspecified atom stereocenters. The lowest BCUT2D eigenvalue weighted by Gasteiger charge is -2.46. The second kappa shape index (κ2) is 18.2. The molecule has 0 spiro atoms. The number of hydrogen-bond donors (Lipinski definition) is 9. The molecule has 20 nitrogen and oxygen atoms in total. The third kappa shape index (κ3) is 8.88. The van der Waals surface area contributed by atoms with Gasteiger partial charge < -0.3 is 79.1 Å². The van der Waals surface area contributed by atoms with Crippen molar-refractivity contribution in [3.8, 4) is 0 Å². The molecule has 3 fully saturated rings. The molecule has 9 N–H and O–H groups in total. The third-order valence-corrected chi connectivity index (χ3v) is 9.69. The van der Waals surface area contributed by atoms with E-state index in [0.717, 1.165) is 4.90 Å². The quantitative estimate of drug-likeness (QED) is 0.0462. The van der Waals surface area contributed by atoms with Crippen LogP contribution >= 0.6 is 0 Å². The first-order valence-corrected chi connectivity index (χ1v) is 17.2. The van der Waals surface area contributed by atoms with Crippen LogP contribution in [0.15, 0.2) is 24.3 Å². The average molecular weight is 762 g/mol. The molecule has 0 aromatic heterocycles. The maximum Gasteiger partial charge on any atom is 0.305 e. The lowest BCUT2D eigenvalue weighted by molar-refractivity contribution is -0.339. The number of fused-ring (bicyclic) bond motifs is 1. The van der Waals surface area contributed by atoms with Gasteiger partial charge in [-0.15, -0.1) is 0 Å². The number of imide groups is 1. The van der Waals surface area contributed by atoms with Crippen LogP contribution in [0.5, 0.6) is 0 Å². The van der Waals surface area contributed by atoms with E-state index in [4.69, 9.17) is 28.4 Å². The van der Waals surface area contributed by atoms with Crippen molar-refractivity contribution in [2.45, 2.75) is 118 Å². The minimum absolute atomic E-state index is 0.00738. The Labute approximate surface area is 302 Å². The zero-order valence-corrected chi connectivity index (χ0v) is 28.7. The van der Waals surface area contributed by atoms with E-state index in [-0.39, 0.29) is 30.1 Å². The van der Waals surface area contributed by atoms with Gasteiger partial charge in [0.1, 0.15) is 73.2 Å². The van der Waals surface area contributed by atoms with Crippen LogP contribution in [-0.4, -0.2) is 194 Å². The number of hydrogen-bond acceptors (Lipinski definition) is 19. The van der Waals surface area contributed by atoms with Gasteiger partial charge in [-0.25, -0.2) is 0 Å². The number of carbonyl (C=O) groups excluding carboxylic acids is 3. The largest absolute Gasteiger partial charge is 0.469 e. The summed E-state index contributed by atoms with van der Waals surface area (Å²) < 4.78 is 38.5. The highest BCUT2D eigenvalue weighted by Crippen LogP contribution is 2.34. The van der Waals surface area contributed by atoms with Crippen LogP contribution in [0.1, 0.15) is 46.4 Å². The lowest BCUT2D eigenvalue weighted by Crippen LogP contribution is -2.66. The Morgan fingerprint density at radius 3 is 1.66 bits per heavy atom. The fourth-order valence-electron chi connectivity index (χ4n) is 6.57. The second-order valence-corrected chi connectivity index (χ2v) is 13.2. The van der Waals surface area contributed by atoms with Crippen LogP contribution in [0.25, 0.3) is 0 Å². The fourth-order valence-corrected chi connectivity index (χ4v) is 6.57. The first-order valence-electron chi connectivity index (χ1n) is 17.2. The number of amides is 2. The number of nitrogens with zero attached hydrogens (tertiary/aromatic N) is 1. The summed E-state index contributed by atoms with van der Waals surface area (Å²) in [6, 6.07) is 4.50. The number of aliphatic hydroxyl groups is 9. The summed E-state index contributed by atoms with van der Waals surface area (Å²) >= 11 is 0.